The third-order valence-corrected chi connectivity index (χ3v) is 5.35. The minimum atomic E-state index is -0.304. The topological polar surface area (TPSA) is 100 Å². The summed E-state index contributed by atoms with van der Waals surface area (Å²) in [6.07, 6.45) is 0.906. The number of guanidine groups is 1. The molecule has 33 heavy (non-hydrogen) atoms. The first-order chi connectivity index (χ1) is 15.8. The van der Waals surface area contributed by atoms with Crippen molar-refractivity contribution >= 4 is 29.1 Å². The van der Waals surface area contributed by atoms with Crippen LogP contribution in [0.4, 0.5) is 11.4 Å². The molecule has 2 aromatic carbocycles. The standard InChI is InChI=1S/C25H30N6O2/c1-6-19-8-7-9-22(14-19)28-25(26-15-23-16(2)30-31(5)17(23)3)29-24(33)20-10-12-21(13-11-20)27-18(4)32/h7-14H,6,15H2,1-5H3,(H,27,32)(H2,26,28,29,33). The summed E-state index contributed by atoms with van der Waals surface area (Å²) >= 11 is 0. The number of carbonyl (C=O) groups is 2. The van der Waals surface area contributed by atoms with Crippen LogP contribution < -0.4 is 16.0 Å². The molecule has 0 aliphatic carbocycles. The van der Waals surface area contributed by atoms with E-state index in [4.69, 9.17) is 0 Å². The first-order valence-electron chi connectivity index (χ1n) is 10.8. The fourth-order valence-electron chi connectivity index (χ4n) is 3.41. The Morgan fingerprint density at radius 3 is 2.36 bits per heavy atom. The van der Waals surface area contributed by atoms with Gasteiger partial charge in [0.2, 0.25) is 11.9 Å². The molecule has 0 bridgehead atoms. The maximum Gasteiger partial charge on any atom is 0.257 e. The molecule has 0 fully saturated rings. The molecule has 8 nitrogen and oxygen atoms in total. The molecule has 172 valence electrons. The molecule has 3 aromatic rings. The highest BCUT2D eigenvalue weighted by molar-refractivity contribution is 6.10. The number of rotatable bonds is 6. The van der Waals surface area contributed by atoms with Crippen molar-refractivity contribution in [3.63, 3.8) is 0 Å². The number of hydrogen-bond acceptors (Lipinski definition) is 4. The summed E-state index contributed by atoms with van der Waals surface area (Å²) < 4.78 is 1.83. The molecule has 0 aliphatic heterocycles. The number of benzene rings is 2. The van der Waals surface area contributed by atoms with Crippen molar-refractivity contribution in [3.05, 3.63) is 76.6 Å². The van der Waals surface area contributed by atoms with Crippen LogP contribution in [0.15, 0.2) is 53.5 Å². The Labute approximate surface area is 194 Å². The molecular weight excluding hydrogens is 416 g/mol. The van der Waals surface area contributed by atoms with Crippen LogP contribution in [0.3, 0.4) is 0 Å². The first-order valence-corrected chi connectivity index (χ1v) is 10.8. The van der Waals surface area contributed by atoms with Crippen LogP contribution in [0.2, 0.25) is 0 Å². The summed E-state index contributed by atoms with van der Waals surface area (Å²) in [6, 6.07) is 14.7. The average Bonchev–Trinajstić information content (AvgIpc) is 3.03. The maximum absolute atomic E-state index is 12.9. The van der Waals surface area contributed by atoms with E-state index in [9.17, 15) is 9.59 Å². The second-order valence-corrected chi connectivity index (χ2v) is 7.83. The molecule has 0 spiro atoms. The molecular formula is C25H30N6O2. The Bertz CT molecular complexity index is 1180. The van der Waals surface area contributed by atoms with E-state index in [-0.39, 0.29) is 11.8 Å². The van der Waals surface area contributed by atoms with Crippen LogP contribution in [0, 0.1) is 13.8 Å². The quantitative estimate of drug-likeness (QED) is 0.394. The molecule has 1 aromatic heterocycles. The molecule has 0 aliphatic rings. The van der Waals surface area contributed by atoms with E-state index in [1.165, 1.54) is 12.5 Å². The van der Waals surface area contributed by atoms with Gasteiger partial charge in [0, 0.05) is 42.2 Å². The van der Waals surface area contributed by atoms with Gasteiger partial charge in [-0.25, -0.2) is 4.99 Å². The summed E-state index contributed by atoms with van der Waals surface area (Å²) in [7, 11) is 1.90. The van der Waals surface area contributed by atoms with Gasteiger partial charge in [-0.15, -0.1) is 0 Å². The number of anilines is 2. The van der Waals surface area contributed by atoms with Crippen molar-refractivity contribution < 1.29 is 9.59 Å². The van der Waals surface area contributed by atoms with E-state index < -0.39 is 0 Å². The Morgan fingerprint density at radius 2 is 1.76 bits per heavy atom. The predicted molar refractivity (Wildman–Crippen MR) is 131 cm³/mol. The summed E-state index contributed by atoms with van der Waals surface area (Å²) in [4.78, 5) is 28.8. The lowest BCUT2D eigenvalue weighted by Gasteiger charge is -2.13. The number of hydrogen-bond donors (Lipinski definition) is 3. The van der Waals surface area contributed by atoms with Gasteiger partial charge in [-0.3, -0.25) is 19.6 Å². The van der Waals surface area contributed by atoms with Crippen LogP contribution in [-0.4, -0.2) is 27.6 Å². The van der Waals surface area contributed by atoms with Crippen LogP contribution in [-0.2, 0) is 24.8 Å². The summed E-state index contributed by atoms with van der Waals surface area (Å²) in [6.45, 7) is 7.86. The fraction of sp³-hybridized carbons (Fsp3) is 0.280. The molecule has 2 amide bonds. The van der Waals surface area contributed by atoms with Crippen molar-refractivity contribution in [1.29, 1.82) is 0 Å². The lowest BCUT2D eigenvalue weighted by atomic mass is 10.1. The van der Waals surface area contributed by atoms with E-state index >= 15 is 0 Å². The van der Waals surface area contributed by atoms with Crippen molar-refractivity contribution in [3.8, 4) is 0 Å². The van der Waals surface area contributed by atoms with E-state index in [0.717, 1.165) is 29.1 Å². The molecule has 0 atom stereocenters. The van der Waals surface area contributed by atoms with Gasteiger partial charge in [0.25, 0.3) is 5.91 Å². The Balaban J connectivity index is 1.83. The van der Waals surface area contributed by atoms with Crippen molar-refractivity contribution in [1.82, 2.24) is 15.1 Å². The molecule has 0 saturated heterocycles. The zero-order valence-electron chi connectivity index (χ0n) is 19.7. The number of nitrogens with one attached hydrogen (secondary N) is 3. The fourth-order valence-corrected chi connectivity index (χ4v) is 3.41. The van der Waals surface area contributed by atoms with E-state index in [1.54, 1.807) is 24.3 Å². The zero-order valence-corrected chi connectivity index (χ0v) is 19.7. The predicted octanol–water partition coefficient (Wildman–Crippen LogP) is 3.96. The molecule has 8 heteroatoms. The smallest absolute Gasteiger partial charge is 0.257 e. The minimum Gasteiger partial charge on any atom is -0.326 e. The highest BCUT2D eigenvalue weighted by Gasteiger charge is 2.13. The van der Waals surface area contributed by atoms with E-state index in [1.807, 2.05) is 43.8 Å². The number of aliphatic imine (C=N–C) groups is 1. The largest absolute Gasteiger partial charge is 0.326 e. The number of aromatic nitrogens is 2. The zero-order chi connectivity index (χ0) is 24.0. The van der Waals surface area contributed by atoms with Crippen LogP contribution in [0.5, 0.6) is 0 Å². The SMILES string of the molecule is CCc1cccc(NC(=NCc2c(C)nn(C)c2C)NC(=O)c2ccc(NC(C)=O)cc2)c1. The van der Waals surface area contributed by atoms with E-state index in [2.05, 4.69) is 39.0 Å². The number of aryl methyl sites for hydroxylation is 3. The van der Waals surface area contributed by atoms with Gasteiger partial charge in [0.1, 0.15) is 0 Å². The molecule has 0 saturated carbocycles. The first kappa shape index (κ1) is 23.7. The summed E-state index contributed by atoms with van der Waals surface area (Å²) in [5, 5.41) is 13.3. The monoisotopic (exact) mass is 446 g/mol. The highest BCUT2D eigenvalue weighted by atomic mass is 16.2. The normalized spacial score (nSPS) is 11.2. The minimum absolute atomic E-state index is 0.166. The van der Waals surface area contributed by atoms with Gasteiger partial charge in [0.15, 0.2) is 0 Å². The summed E-state index contributed by atoms with van der Waals surface area (Å²) in [5.41, 5.74) is 6.06. The second kappa shape index (κ2) is 10.6. The Kier molecular flexibility index (Phi) is 7.61. The summed E-state index contributed by atoms with van der Waals surface area (Å²) in [5.74, 6) is -0.120. The Morgan fingerprint density at radius 1 is 1.03 bits per heavy atom. The van der Waals surface area contributed by atoms with Crippen LogP contribution in [0.25, 0.3) is 0 Å². The van der Waals surface area contributed by atoms with Crippen molar-refractivity contribution in [2.45, 2.75) is 40.7 Å². The van der Waals surface area contributed by atoms with Gasteiger partial charge in [0.05, 0.1) is 12.2 Å². The third kappa shape index (κ3) is 6.29. The van der Waals surface area contributed by atoms with Crippen LogP contribution >= 0.6 is 0 Å². The number of amides is 2. The Hall–Kier alpha value is -3.94. The third-order valence-electron chi connectivity index (χ3n) is 5.35. The van der Waals surface area contributed by atoms with E-state index in [0.29, 0.717) is 23.8 Å². The van der Waals surface area contributed by atoms with Gasteiger partial charge in [-0.1, -0.05) is 19.1 Å². The van der Waals surface area contributed by atoms with Crippen LogP contribution in [0.1, 0.15) is 46.7 Å². The molecule has 0 radical (unpaired) electrons. The molecule has 3 N–H and O–H groups in total. The average molecular weight is 447 g/mol. The van der Waals surface area contributed by atoms with Crippen molar-refractivity contribution in [2.24, 2.45) is 12.0 Å². The van der Waals surface area contributed by atoms with Crippen molar-refractivity contribution in [2.75, 3.05) is 10.6 Å². The number of nitrogens with zero attached hydrogens (tertiary/aromatic N) is 3. The number of carbonyl (C=O) groups excluding carboxylic acids is 2. The molecule has 0 unspecified atom stereocenters. The van der Waals surface area contributed by atoms with Gasteiger partial charge >= 0.3 is 0 Å². The van der Waals surface area contributed by atoms with Gasteiger partial charge in [-0.05, 0) is 62.2 Å². The second-order valence-electron chi connectivity index (χ2n) is 7.83. The molecule has 3 rings (SSSR count). The lowest BCUT2D eigenvalue weighted by molar-refractivity contribution is -0.114. The lowest BCUT2D eigenvalue weighted by Crippen LogP contribution is -2.36. The molecule has 1 heterocycles. The van der Waals surface area contributed by atoms with Gasteiger partial charge < -0.3 is 10.6 Å². The maximum atomic E-state index is 12.9. The van der Waals surface area contributed by atoms with Gasteiger partial charge in [-0.2, -0.15) is 5.10 Å². The highest BCUT2D eigenvalue weighted by Crippen LogP contribution is 2.15.